The number of benzene rings is 2. The number of halogens is 2. The fourth-order valence-electron chi connectivity index (χ4n) is 3.05. The number of ether oxygens (including phenoxy) is 1. The normalized spacial score (nSPS) is 10.9. The Morgan fingerprint density at radius 1 is 1.06 bits per heavy atom. The molecule has 0 aliphatic carbocycles. The van der Waals surface area contributed by atoms with E-state index in [4.69, 9.17) is 39.1 Å². The third kappa shape index (κ3) is 9.23. The molecule has 0 aromatic heterocycles. The number of hydrogen-bond acceptors (Lipinski definition) is 6. The molecule has 2 aromatic rings. The highest BCUT2D eigenvalue weighted by Crippen LogP contribution is 2.24. The summed E-state index contributed by atoms with van der Waals surface area (Å²) in [4.78, 5) is 49.3. The molecule has 9 nitrogen and oxygen atoms in total. The molecule has 2 rings (SSSR count). The van der Waals surface area contributed by atoms with Crippen molar-refractivity contribution in [2.24, 2.45) is 5.73 Å². The molecular formula is C23H26Cl2N4O5S. The van der Waals surface area contributed by atoms with Gasteiger partial charge in [-0.25, -0.2) is 4.79 Å². The molecule has 0 aliphatic rings. The van der Waals surface area contributed by atoms with Crippen LogP contribution in [-0.2, 0) is 20.7 Å². The van der Waals surface area contributed by atoms with E-state index in [9.17, 15) is 19.2 Å². The fraction of sp³-hybridized carbons (Fsp3) is 0.261. The first-order valence-corrected chi connectivity index (χ1v) is 10.9. The number of esters is 1. The average Bonchev–Trinajstić information content (AvgIpc) is 2.79. The molecule has 0 saturated carbocycles. The highest BCUT2D eigenvalue weighted by atomic mass is 35.5. The van der Waals surface area contributed by atoms with Crippen molar-refractivity contribution < 1.29 is 23.9 Å². The first-order valence-electron chi connectivity index (χ1n) is 10.2. The van der Waals surface area contributed by atoms with Gasteiger partial charge in [0.15, 0.2) is 5.78 Å². The maximum Gasteiger partial charge on any atom is 0.328 e. The zero-order chi connectivity index (χ0) is 25.3. The minimum absolute atomic E-state index is 0. The summed E-state index contributed by atoms with van der Waals surface area (Å²) in [6.45, 7) is -0.270. The lowest BCUT2D eigenvalue weighted by Gasteiger charge is -2.17. The third-order valence-electron chi connectivity index (χ3n) is 4.72. The molecule has 0 spiro atoms. The Balaban J connectivity index is 0.00000612. The Morgan fingerprint density at radius 2 is 1.69 bits per heavy atom. The number of ketones is 1. The van der Waals surface area contributed by atoms with Gasteiger partial charge in [0.1, 0.15) is 6.04 Å². The van der Waals surface area contributed by atoms with Crippen LogP contribution in [0.25, 0.3) is 0 Å². The lowest BCUT2D eigenvalue weighted by Crippen LogP contribution is -2.42. The molecule has 12 heteroatoms. The van der Waals surface area contributed by atoms with Gasteiger partial charge in [0.2, 0.25) is 0 Å². The van der Waals surface area contributed by atoms with Crippen molar-refractivity contribution in [2.75, 3.05) is 13.7 Å². The number of methoxy groups -OCH3 is 1. The molecule has 2 aromatic carbocycles. The minimum atomic E-state index is -1.12. The maximum absolute atomic E-state index is 12.6. The van der Waals surface area contributed by atoms with Gasteiger partial charge < -0.3 is 21.1 Å². The van der Waals surface area contributed by atoms with E-state index in [2.05, 4.69) is 10.6 Å². The SMILES string of the molecule is COC(=O)[C@H](CCC(=O)CNC(=O)c1cccc(CC(=N)N)c1)NC(=O)c1c(Cl)cccc1Cl.S. The van der Waals surface area contributed by atoms with Gasteiger partial charge in [-0.15, -0.1) is 0 Å². The zero-order valence-electron chi connectivity index (χ0n) is 18.8. The second-order valence-corrected chi connectivity index (χ2v) is 8.12. The summed E-state index contributed by atoms with van der Waals surface area (Å²) in [5.74, 6) is -2.28. The van der Waals surface area contributed by atoms with E-state index in [0.717, 1.165) is 7.11 Å². The lowest BCUT2D eigenvalue weighted by molar-refractivity contribution is -0.143. The number of nitrogens with two attached hydrogens (primary N) is 1. The van der Waals surface area contributed by atoms with Crippen LogP contribution in [0.15, 0.2) is 42.5 Å². The number of amides is 2. The van der Waals surface area contributed by atoms with Crippen LogP contribution in [-0.4, -0.2) is 49.1 Å². The average molecular weight is 541 g/mol. The topological polar surface area (TPSA) is 151 Å². The largest absolute Gasteiger partial charge is 0.467 e. The second-order valence-electron chi connectivity index (χ2n) is 7.31. The van der Waals surface area contributed by atoms with Crippen molar-refractivity contribution in [2.45, 2.75) is 25.3 Å². The van der Waals surface area contributed by atoms with Crippen LogP contribution in [0.1, 0.15) is 39.1 Å². The molecule has 0 bridgehead atoms. The molecule has 0 saturated heterocycles. The Labute approximate surface area is 219 Å². The molecule has 0 fully saturated rings. The summed E-state index contributed by atoms with van der Waals surface area (Å²) < 4.78 is 4.71. The first-order chi connectivity index (χ1) is 16.1. The van der Waals surface area contributed by atoms with Gasteiger partial charge in [-0.05, 0) is 36.2 Å². The van der Waals surface area contributed by atoms with Crippen LogP contribution in [0.3, 0.4) is 0 Å². The fourth-order valence-corrected chi connectivity index (χ4v) is 3.62. The van der Waals surface area contributed by atoms with Gasteiger partial charge in [-0.3, -0.25) is 19.8 Å². The van der Waals surface area contributed by atoms with E-state index in [0.29, 0.717) is 11.1 Å². The van der Waals surface area contributed by atoms with Crippen LogP contribution in [0, 0.1) is 5.41 Å². The maximum atomic E-state index is 12.6. The van der Waals surface area contributed by atoms with Crippen molar-refractivity contribution >= 4 is 66.1 Å². The summed E-state index contributed by atoms with van der Waals surface area (Å²) in [6, 6.07) is 9.98. The Morgan fingerprint density at radius 3 is 2.29 bits per heavy atom. The molecule has 0 unspecified atom stereocenters. The van der Waals surface area contributed by atoms with Crippen LogP contribution < -0.4 is 16.4 Å². The number of Topliss-reactive ketones (excluding diaryl/α,β-unsaturated/α-hetero) is 1. The van der Waals surface area contributed by atoms with Gasteiger partial charge in [-0.2, -0.15) is 13.5 Å². The third-order valence-corrected chi connectivity index (χ3v) is 5.35. The van der Waals surface area contributed by atoms with Crippen LogP contribution in [0.2, 0.25) is 10.0 Å². The summed E-state index contributed by atoms with van der Waals surface area (Å²) in [6.07, 6.45) is 0.0460. The number of rotatable bonds is 11. The predicted octanol–water partition coefficient (Wildman–Crippen LogP) is 2.64. The van der Waals surface area contributed by atoms with Crippen molar-refractivity contribution in [3.05, 3.63) is 69.2 Å². The molecule has 2 amide bonds. The van der Waals surface area contributed by atoms with E-state index >= 15 is 0 Å². The smallest absolute Gasteiger partial charge is 0.328 e. The van der Waals surface area contributed by atoms with Crippen LogP contribution >= 0.6 is 36.7 Å². The second kappa shape index (κ2) is 14.3. The quantitative estimate of drug-likeness (QED) is 0.195. The van der Waals surface area contributed by atoms with Crippen molar-refractivity contribution in [1.29, 1.82) is 5.41 Å². The molecule has 1 atom stereocenters. The Hall–Kier alpha value is -3.08. The van der Waals surface area contributed by atoms with E-state index in [1.807, 2.05) is 0 Å². The van der Waals surface area contributed by atoms with Gasteiger partial charge in [-0.1, -0.05) is 41.4 Å². The molecular weight excluding hydrogens is 515 g/mol. The first kappa shape index (κ1) is 30.0. The standard InChI is InChI=1S/C23H24Cl2N4O5.H2S/c1-34-23(33)18(29-22(32)20-16(24)6-3-7-17(20)25)9-8-15(30)12-28-21(31)14-5-2-4-13(10-14)11-19(26)27;/h2-7,10,18H,8-9,11-12H2,1H3,(H3,26,27)(H,28,31)(H,29,32);1H2/t18-;/m0./s1. The van der Waals surface area contributed by atoms with Gasteiger partial charge in [0.05, 0.1) is 35.1 Å². The molecule has 0 radical (unpaired) electrons. The van der Waals surface area contributed by atoms with E-state index in [-0.39, 0.29) is 66.5 Å². The van der Waals surface area contributed by atoms with Gasteiger partial charge in [0, 0.05) is 18.4 Å². The number of carbonyl (C=O) groups is 4. The monoisotopic (exact) mass is 540 g/mol. The summed E-state index contributed by atoms with van der Waals surface area (Å²) >= 11 is 12.1. The Bertz CT molecular complexity index is 1090. The molecule has 5 N–H and O–H groups in total. The zero-order valence-corrected chi connectivity index (χ0v) is 21.3. The summed E-state index contributed by atoms with van der Waals surface area (Å²) in [7, 11) is 1.16. The lowest BCUT2D eigenvalue weighted by atomic mass is 10.1. The van der Waals surface area contributed by atoms with Gasteiger partial charge in [0.25, 0.3) is 11.8 Å². The Kier molecular flexibility index (Phi) is 12.3. The predicted molar refractivity (Wildman–Crippen MR) is 139 cm³/mol. The van der Waals surface area contributed by atoms with Crippen LogP contribution in [0.4, 0.5) is 0 Å². The van der Waals surface area contributed by atoms with Gasteiger partial charge >= 0.3 is 5.97 Å². The van der Waals surface area contributed by atoms with Crippen LogP contribution in [0.5, 0.6) is 0 Å². The number of nitrogens with one attached hydrogen (secondary N) is 3. The minimum Gasteiger partial charge on any atom is -0.467 e. The summed E-state index contributed by atoms with van der Waals surface area (Å²) in [5.41, 5.74) is 6.40. The highest BCUT2D eigenvalue weighted by Gasteiger charge is 2.25. The van der Waals surface area contributed by atoms with E-state index < -0.39 is 23.8 Å². The van der Waals surface area contributed by atoms with Crippen molar-refractivity contribution in [3.63, 3.8) is 0 Å². The molecule has 0 heterocycles. The molecule has 188 valence electrons. The number of hydrogen-bond donors (Lipinski definition) is 4. The van der Waals surface area contributed by atoms with E-state index in [1.165, 1.54) is 12.1 Å². The molecule has 0 aliphatic heterocycles. The highest BCUT2D eigenvalue weighted by molar-refractivity contribution is 7.59. The summed E-state index contributed by atoms with van der Waals surface area (Å²) in [5, 5.41) is 12.6. The number of carbonyl (C=O) groups excluding carboxylic acids is 4. The van der Waals surface area contributed by atoms with Crippen molar-refractivity contribution in [3.8, 4) is 0 Å². The van der Waals surface area contributed by atoms with E-state index in [1.54, 1.807) is 30.3 Å². The van der Waals surface area contributed by atoms with Crippen molar-refractivity contribution in [1.82, 2.24) is 10.6 Å². The molecule has 35 heavy (non-hydrogen) atoms. The number of amidine groups is 1.